The van der Waals surface area contributed by atoms with Gasteiger partial charge in [0.25, 0.3) is 0 Å². The molecule has 1 aliphatic rings. The SMILES string of the molecule is C=CCOc1ccccc1OCC(O)CN1CC=C(c2c[nH]c3ccccc23)CC1.Cl. The fourth-order valence-electron chi connectivity index (χ4n) is 3.83. The van der Waals surface area contributed by atoms with E-state index in [2.05, 4.69) is 46.9 Å². The molecule has 31 heavy (non-hydrogen) atoms. The van der Waals surface area contributed by atoms with Crippen molar-refractivity contribution in [2.45, 2.75) is 12.5 Å². The van der Waals surface area contributed by atoms with Crippen molar-refractivity contribution in [3.63, 3.8) is 0 Å². The summed E-state index contributed by atoms with van der Waals surface area (Å²) in [6.07, 6.45) is 6.46. The molecule has 5 nitrogen and oxygen atoms in total. The van der Waals surface area contributed by atoms with Gasteiger partial charge in [0, 0.05) is 42.3 Å². The zero-order valence-electron chi connectivity index (χ0n) is 17.5. The Morgan fingerprint density at radius 3 is 2.58 bits per heavy atom. The number of H-pyrrole nitrogens is 1. The first kappa shape index (κ1) is 22.9. The van der Waals surface area contributed by atoms with Gasteiger partial charge in [-0.05, 0) is 30.2 Å². The van der Waals surface area contributed by atoms with Gasteiger partial charge in [0.2, 0.25) is 0 Å². The maximum atomic E-state index is 10.5. The molecule has 0 fully saturated rings. The van der Waals surface area contributed by atoms with E-state index in [9.17, 15) is 5.11 Å². The van der Waals surface area contributed by atoms with Crippen LogP contribution in [0.4, 0.5) is 0 Å². The van der Waals surface area contributed by atoms with Gasteiger partial charge in [0.1, 0.15) is 19.3 Å². The Kier molecular flexibility index (Phi) is 8.18. The lowest BCUT2D eigenvalue weighted by Crippen LogP contribution is -2.38. The van der Waals surface area contributed by atoms with E-state index in [0.29, 0.717) is 24.7 Å². The monoisotopic (exact) mass is 440 g/mol. The summed E-state index contributed by atoms with van der Waals surface area (Å²) >= 11 is 0. The fourth-order valence-corrected chi connectivity index (χ4v) is 3.83. The minimum absolute atomic E-state index is 0. The maximum Gasteiger partial charge on any atom is 0.161 e. The van der Waals surface area contributed by atoms with Crippen LogP contribution in [0, 0.1) is 0 Å². The topological polar surface area (TPSA) is 57.7 Å². The summed E-state index contributed by atoms with van der Waals surface area (Å²) in [5.74, 6) is 1.30. The summed E-state index contributed by atoms with van der Waals surface area (Å²) in [4.78, 5) is 5.61. The molecule has 0 bridgehead atoms. The summed E-state index contributed by atoms with van der Waals surface area (Å²) < 4.78 is 11.4. The average molecular weight is 441 g/mol. The van der Waals surface area contributed by atoms with Gasteiger partial charge < -0.3 is 19.6 Å². The highest BCUT2D eigenvalue weighted by molar-refractivity contribution is 5.92. The summed E-state index contributed by atoms with van der Waals surface area (Å²) in [6, 6.07) is 15.9. The minimum atomic E-state index is -0.569. The Hall–Kier alpha value is -2.73. The van der Waals surface area contributed by atoms with Gasteiger partial charge in [-0.15, -0.1) is 12.4 Å². The first-order chi connectivity index (χ1) is 14.7. The largest absolute Gasteiger partial charge is 0.487 e. The first-order valence-electron chi connectivity index (χ1n) is 10.4. The number of nitrogens with one attached hydrogen (secondary N) is 1. The molecule has 0 amide bonds. The molecule has 1 aromatic heterocycles. The highest BCUT2D eigenvalue weighted by Gasteiger charge is 2.18. The zero-order valence-corrected chi connectivity index (χ0v) is 18.3. The molecule has 164 valence electrons. The van der Waals surface area contributed by atoms with E-state index in [1.54, 1.807) is 6.08 Å². The van der Waals surface area contributed by atoms with E-state index in [0.717, 1.165) is 19.5 Å². The molecule has 0 saturated heterocycles. The average Bonchev–Trinajstić information content (AvgIpc) is 3.21. The van der Waals surface area contributed by atoms with E-state index in [1.165, 1.54) is 22.0 Å². The highest BCUT2D eigenvalue weighted by Crippen LogP contribution is 2.29. The van der Waals surface area contributed by atoms with Crippen LogP contribution in [0.25, 0.3) is 16.5 Å². The molecule has 0 spiro atoms. The van der Waals surface area contributed by atoms with E-state index in [1.807, 2.05) is 30.3 Å². The Bertz CT molecular complexity index is 1030. The lowest BCUT2D eigenvalue weighted by molar-refractivity contribution is 0.0704. The van der Waals surface area contributed by atoms with Crippen LogP contribution in [-0.2, 0) is 0 Å². The number of aromatic amines is 1. The number of hydrogen-bond donors (Lipinski definition) is 2. The van der Waals surface area contributed by atoms with Crippen molar-refractivity contribution in [3.8, 4) is 11.5 Å². The Balaban J connectivity index is 0.00000272. The van der Waals surface area contributed by atoms with Crippen molar-refractivity contribution in [1.82, 2.24) is 9.88 Å². The van der Waals surface area contributed by atoms with Crippen molar-refractivity contribution in [2.24, 2.45) is 0 Å². The second kappa shape index (κ2) is 11.0. The van der Waals surface area contributed by atoms with E-state index in [4.69, 9.17) is 9.47 Å². The number of fused-ring (bicyclic) bond motifs is 1. The molecule has 2 heterocycles. The fraction of sp³-hybridized carbons (Fsp3) is 0.280. The number of β-amino-alcohol motifs (C(OH)–C–C–N with tert-alkyl or cyclic N) is 1. The molecule has 0 aliphatic carbocycles. The van der Waals surface area contributed by atoms with Crippen LogP contribution in [0.3, 0.4) is 0 Å². The second-order valence-electron chi connectivity index (χ2n) is 7.50. The molecule has 4 rings (SSSR count). The van der Waals surface area contributed by atoms with Gasteiger partial charge in [-0.25, -0.2) is 0 Å². The number of ether oxygens (including phenoxy) is 2. The number of hydrogen-bond acceptors (Lipinski definition) is 4. The Morgan fingerprint density at radius 1 is 1.10 bits per heavy atom. The Morgan fingerprint density at radius 2 is 1.84 bits per heavy atom. The van der Waals surface area contributed by atoms with Gasteiger partial charge in [0.05, 0.1) is 0 Å². The molecule has 1 atom stereocenters. The molecule has 3 aromatic rings. The predicted octanol–water partition coefficient (Wildman–Crippen LogP) is 4.68. The van der Waals surface area contributed by atoms with Crippen LogP contribution >= 0.6 is 12.4 Å². The van der Waals surface area contributed by atoms with Crippen molar-refractivity contribution in [3.05, 3.63) is 79.0 Å². The molecule has 0 saturated carbocycles. The molecular weight excluding hydrogens is 412 g/mol. The van der Waals surface area contributed by atoms with Crippen molar-refractivity contribution < 1.29 is 14.6 Å². The van der Waals surface area contributed by atoms with Crippen LogP contribution in [0.2, 0.25) is 0 Å². The third kappa shape index (κ3) is 5.70. The minimum Gasteiger partial charge on any atom is -0.487 e. The summed E-state index contributed by atoms with van der Waals surface area (Å²) in [5.41, 5.74) is 3.81. The number of para-hydroxylation sites is 3. The highest BCUT2D eigenvalue weighted by atomic mass is 35.5. The standard InChI is InChI=1S/C25H28N2O3.ClH/c1-2-15-29-24-9-5-6-10-25(24)30-18-20(28)17-27-13-11-19(12-14-27)22-16-26-23-8-4-3-7-21(22)23;/h2-11,16,20,26,28H,1,12-15,17-18H2;1H. The Labute approximate surface area is 189 Å². The van der Waals surface area contributed by atoms with Crippen LogP contribution in [-0.4, -0.2) is 53.9 Å². The van der Waals surface area contributed by atoms with E-state index in [-0.39, 0.29) is 19.0 Å². The molecule has 1 unspecified atom stereocenters. The van der Waals surface area contributed by atoms with Crippen LogP contribution in [0.15, 0.2) is 73.5 Å². The molecular formula is C25H29ClN2O3. The number of aliphatic hydroxyl groups excluding tert-OH is 1. The summed E-state index contributed by atoms with van der Waals surface area (Å²) in [7, 11) is 0. The lowest BCUT2D eigenvalue weighted by atomic mass is 9.99. The third-order valence-electron chi connectivity index (χ3n) is 5.33. The molecule has 1 aliphatic heterocycles. The lowest BCUT2D eigenvalue weighted by Gasteiger charge is -2.28. The number of aromatic nitrogens is 1. The van der Waals surface area contributed by atoms with Gasteiger partial charge in [-0.3, -0.25) is 4.90 Å². The number of halogens is 1. The van der Waals surface area contributed by atoms with Gasteiger partial charge in [-0.1, -0.05) is 49.1 Å². The van der Waals surface area contributed by atoms with Gasteiger partial charge >= 0.3 is 0 Å². The van der Waals surface area contributed by atoms with E-state index >= 15 is 0 Å². The third-order valence-corrected chi connectivity index (χ3v) is 5.33. The van der Waals surface area contributed by atoms with Gasteiger partial charge in [0.15, 0.2) is 11.5 Å². The second-order valence-corrected chi connectivity index (χ2v) is 7.50. The van der Waals surface area contributed by atoms with Crippen LogP contribution < -0.4 is 9.47 Å². The predicted molar refractivity (Wildman–Crippen MR) is 128 cm³/mol. The maximum absolute atomic E-state index is 10.5. The number of nitrogens with zero attached hydrogens (tertiary/aromatic N) is 1. The molecule has 6 heteroatoms. The van der Waals surface area contributed by atoms with Gasteiger partial charge in [-0.2, -0.15) is 0 Å². The normalized spacial score (nSPS) is 15.1. The van der Waals surface area contributed by atoms with E-state index < -0.39 is 6.10 Å². The number of rotatable bonds is 9. The van der Waals surface area contributed by atoms with Crippen LogP contribution in [0.5, 0.6) is 11.5 Å². The summed E-state index contributed by atoms with van der Waals surface area (Å²) in [6.45, 7) is 6.63. The number of benzene rings is 2. The summed E-state index contributed by atoms with van der Waals surface area (Å²) in [5, 5.41) is 11.7. The quantitative estimate of drug-likeness (QED) is 0.474. The molecule has 2 aromatic carbocycles. The van der Waals surface area contributed by atoms with Crippen molar-refractivity contribution in [1.29, 1.82) is 0 Å². The smallest absolute Gasteiger partial charge is 0.161 e. The van der Waals surface area contributed by atoms with Crippen LogP contribution in [0.1, 0.15) is 12.0 Å². The van der Waals surface area contributed by atoms with Crippen molar-refractivity contribution >= 4 is 28.9 Å². The molecule has 2 N–H and O–H groups in total. The van der Waals surface area contributed by atoms with Crippen molar-refractivity contribution in [2.75, 3.05) is 32.8 Å². The number of aliphatic hydroxyl groups is 1. The first-order valence-corrected chi connectivity index (χ1v) is 10.4. The zero-order chi connectivity index (χ0) is 20.8. The molecule has 0 radical (unpaired) electrons.